The van der Waals surface area contributed by atoms with Gasteiger partial charge in [0.1, 0.15) is 0 Å². The first-order valence-electron chi connectivity index (χ1n) is 6.34. The van der Waals surface area contributed by atoms with Crippen LogP contribution < -0.4 is 10.6 Å². The summed E-state index contributed by atoms with van der Waals surface area (Å²) in [7, 11) is 0. The van der Waals surface area contributed by atoms with E-state index in [1.807, 2.05) is 24.3 Å². The highest BCUT2D eigenvalue weighted by molar-refractivity contribution is 6.07. The first kappa shape index (κ1) is 12.9. The van der Waals surface area contributed by atoms with Gasteiger partial charge in [-0.1, -0.05) is 30.3 Å². The maximum absolute atomic E-state index is 11.8. The van der Waals surface area contributed by atoms with Crippen LogP contribution in [-0.2, 0) is 0 Å². The molecule has 0 unspecified atom stereocenters. The normalized spacial score (nSPS) is 10.3. The predicted molar refractivity (Wildman–Crippen MR) is 79.0 cm³/mol. The van der Waals surface area contributed by atoms with Crippen LogP contribution in [-0.4, -0.2) is 21.9 Å². The molecule has 1 aromatic heterocycles. The van der Waals surface area contributed by atoms with E-state index in [0.29, 0.717) is 5.56 Å². The number of urea groups is 1. The SMILES string of the molecule is O=C(NC(=O)c1ccccc1)Nc1nc2ccccc2[nH]1. The molecule has 6 nitrogen and oxygen atoms in total. The average molecular weight is 280 g/mol. The number of amides is 3. The minimum Gasteiger partial charge on any atom is -0.324 e. The quantitative estimate of drug-likeness (QED) is 0.674. The smallest absolute Gasteiger partial charge is 0.324 e. The molecule has 0 aliphatic heterocycles. The molecule has 3 rings (SSSR count). The molecule has 21 heavy (non-hydrogen) atoms. The van der Waals surface area contributed by atoms with Crippen molar-refractivity contribution in [2.24, 2.45) is 0 Å². The van der Waals surface area contributed by atoms with Crippen molar-refractivity contribution in [3.63, 3.8) is 0 Å². The largest absolute Gasteiger partial charge is 0.328 e. The monoisotopic (exact) mass is 280 g/mol. The number of hydrogen-bond donors (Lipinski definition) is 3. The second-order valence-corrected chi connectivity index (χ2v) is 4.38. The summed E-state index contributed by atoms with van der Waals surface area (Å²) in [6, 6.07) is 15.3. The van der Waals surface area contributed by atoms with Gasteiger partial charge in [-0.05, 0) is 24.3 Å². The van der Waals surface area contributed by atoms with Crippen molar-refractivity contribution in [3.8, 4) is 0 Å². The number of imide groups is 1. The molecule has 2 aromatic carbocycles. The van der Waals surface area contributed by atoms with Crippen LogP contribution in [0.4, 0.5) is 10.7 Å². The number of carbonyl (C=O) groups excluding carboxylic acids is 2. The number of imidazole rings is 1. The summed E-state index contributed by atoms with van der Waals surface area (Å²) < 4.78 is 0. The lowest BCUT2D eigenvalue weighted by Gasteiger charge is -2.04. The average Bonchev–Trinajstić information content (AvgIpc) is 2.90. The number of nitrogens with one attached hydrogen (secondary N) is 3. The second-order valence-electron chi connectivity index (χ2n) is 4.38. The topological polar surface area (TPSA) is 86.9 Å². The van der Waals surface area contributed by atoms with Crippen LogP contribution in [0.3, 0.4) is 0 Å². The summed E-state index contributed by atoms with van der Waals surface area (Å²) in [5.74, 6) is -0.182. The van der Waals surface area contributed by atoms with E-state index in [0.717, 1.165) is 11.0 Å². The maximum atomic E-state index is 11.8. The first-order chi connectivity index (χ1) is 10.2. The van der Waals surface area contributed by atoms with Gasteiger partial charge in [-0.3, -0.25) is 15.4 Å². The highest BCUT2D eigenvalue weighted by atomic mass is 16.2. The molecular formula is C15H12N4O2. The Morgan fingerprint density at radius 1 is 0.952 bits per heavy atom. The fraction of sp³-hybridized carbons (Fsp3) is 0. The Balaban J connectivity index is 1.67. The number of aromatic nitrogens is 2. The van der Waals surface area contributed by atoms with Gasteiger partial charge in [-0.25, -0.2) is 9.78 Å². The number of fused-ring (bicyclic) bond motifs is 1. The van der Waals surface area contributed by atoms with Gasteiger partial charge in [0.05, 0.1) is 11.0 Å². The van der Waals surface area contributed by atoms with Gasteiger partial charge in [-0.2, -0.15) is 0 Å². The summed E-state index contributed by atoms with van der Waals surface area (Å²) >= 11 is 0. The number of H-pyrrole nitrogens is 1. The number of carbonyl (C=O) groups is 2. The van der Waals surface area contributed by atoms with Gasteiger partial charge >= 0.3 is 6.03 Å². The van der Waals surface area contributed by atoms with Crippen LogP contribution in [0.2, 0.25) is 0 Å². The zero-order valence-corrected chi connectivity index (χ0v) is 11.0. The van der Waals surface area contributed by atoms with Gasteiger partial charge < -0.3 is 4.98 Å². The fourth-order valence-electron chi connectivity index (χ4n) is 1.92. The van der Waals surface area contributed by atoms with Crippen molar-refractivity contribution < 1.29 is 9.59 Å². The van der Waals surface area contributed by atoms with Crippen LogP contribution in [0, 0.1) is 0 Å². The van der Waals surface area contributed by atoms with E-state index in [-0.39, 0.29) is 5.95 Å². The maximum Gasteiger partial charge on any atom is 0.328 e. The lowest BCUT2D eigenvalue weighted by Crippen LogP contribution is -2.34. The third kappa shape index (κ3) is 2.89. The molecule has 104 valence electrons. The number of rotatable bonds is 2. The Morgan fingerprint density at radius 3 is 2.43 bits per heavy atom. The van der Waals surface area contributed by atoms with Crippen molar-refractivity contribution >= 4 is 28.9 Å². The van der Waals surface area contributed by atoms with Gasteiger partial charge in [0.2, 0.25) is 5.95 Å². The van der Waals surface area contributed by atoms with Gasteiger partial charge in [-0.15, -0.1) is 0 Å². The number of nitrogens with zero attached hydrogens (tertiary/aromatic N) is 1. The summed E-state index contributed by atoms with van der Waals surface area (Å²) in [5, 5.41) is 4.73. The van der Waals surface area contributed by atoms with Crippen LogP contribution in [0.15, 0.2) is 54.6 Å². The zero-order valence-electron chi connectivity index (χ0n) is 11.0. The minimum atomic E-state index is -0.636. The molecule has 0 bridgehead atoms. The molecule has 3 amide bonds. The first-order valence-corrected chi connectivity index (χ1v) is 6.34. The molecule has 0 atom stereocenters. The van der Waals surface area contributed by atoms with Crippen molar-refractivity contribution in [2.75, 3.05) is 5.32 Å². The van der Waals surface area contributed by atoms with Crippen molar-refractivity contribution in [2.45, 2.75) is 0 Å². The number of anilines is 1. The van der Waals surface area contributed by atoms with E-state index in [9.17, 15) is 9.59 Å². The van der Waals surface area contributed by atoms with Crippen LogP contribution in [0.1, 0.15) is 10.4 Å². The Bertz CT molecular complexity index is 763. The molecule has 6 heteroatoms. The molecule has 3 N–H and O–H groups in total. The van der Waals surface area contributed by atoms with Gasteiger partial charge in [0.15, 0.2) is 0 Å². The predicted octanol–water partition coefficient (Wildman–Crippen LogP) is 2.52. The van der Waals surface area contributed by atoms with Crippen molar-refractivity contribution in [1.82, 2.24) is 15.3 Å². The van der Waals surface area contributed by atoms with E-state index >= 15 is 0 Å². The summed E-state index contributed by atoms with van der Waals surface area (Å²) in [5.41, 5.74) is 1.96. The van der Waals surface area contributed by atoms with Gasteiger partial charge in [0, 0.05) is 5.56 Å². The lowest BCUT2D eigenvalue weighted by molar-refractivity contribution is 0.0967. The van der Waals surface area contributed by atoms with Crippen LogP contribution >= 0.6 is 0 Å². The Morgan fingerprint density at radius 2 is 1.67 bits per heavy atom. The van der Waals surface area contributed by atoms with E-state index in [2.05, 4.69) is 20.6 Å². The van der Waals surface area contributed by atoms with Gasteiger partial charge in [0.25, 0.3) is 5.91 Å². The van der Waals surface area contributed by atoms with E-state index in [1.165, 1.54) is 0 Å². The minimum absolute atomic E-state index is 0.287. The van der Waals surface area contributed by atoms with Crippen LogP contribution in [0.25, 0.3) is 11.0 Å². The molecular weight excluding hydrogens is 268 g/mol. The number of hydrogen-bond acceptors (Lipinski definition) is 3. The van der Waals surface area contributed by atoms with E-state index in [4.69, 9.17) is 0 Å². The third-order valence-corrected chi connectivity index (χ3v) is 2.88. The lowest BCUT2D eigenvalue weighted by atomic mass is 10.2. The van der Waals surface area contributed by atoms with Crippen LogP contribution in [0.5, 0.6) is 0 Å². The van der Waals surface area contributed by atoms with E-state index in [1.54, 1.807) is 30.3 Å². The number of aromatic amines is 1. The summed E-state index contributed by atoms with van der Waals surface area (Å²) in [4.78, 5) is 30.7. The second kappa shape index (κ2) is 5.46. The van der Waals surface area contributed by atoms with Crippen molar-refractivity contribution in [3.05, 3.63) is 60.2 Å². The van der Waals surface area contributed by atoms with E-state index < -0.39 is 11.9 Å². The zero-order chi connectivity index (χ0) is 14.7. The summed E-state index contributed by atoms with van der Waals surface area (Å²) in [6.45, 7) is 0. The molecule has 0 aliphatic carbocycles. The highest BCUT2D eigenvalue weighted by Crippen LogP contribution is 2.12. The molecule has 1 heterocycles. The fourth-order valence-corrected chi connectivity index (χ4v) is 1.92. The number of benzene rings is 2. The molecule has 0 fully saturated rings. The molecule has 0 saturated carbocycles. The Hall–Kier alpha value is -3.15. The third-order valence-electron chi connectivity index (χ3n) is 2.88. The molecule has 0 radical (unpaired) electrons. The molecule has 3 aromatic rings. The highest BCUT2D eigenvalue weighted by Gasteiger charge is 2.11. The standard InChI is InChI=1S/C15H12N4O2/c20-13(10-6-2-1-3-7-10)18-15(21)19-14-16-11-8-4-5-9-12(11)17-14/h1-9H,(H3,16,17,18,19,20,21). The summed E-state index contributed by atoms with van der Waals surface area (Å²) in [6.07, 6.45) is 0. The molecule has 0 saturated heterocycles. The number of para-hydroxylation sites is 2. The molecule has 0 aliphatic rings. The van der Waals surface area contributed by atoms with Crippen molar-refractivity contribution in [1.29, 1.82) is 0 Å². The Labute approximate surface area is 120 Å². The molecule has 0 spiro atoms. The Kier molecular flexibility index (Phi) is 3.34.